The highest BCUT2D eigenvalue weighted by molar-refractivity contribution is 7.87. The number of rotatable bonds is 3. The van der Waals surface area contributed by atoms with E-state index in [1.165, 1.54) is 4.31 Å². The molecule has 2 rings (SSSR count). The Morgan fingerprint density at radius 3 is 2.39 bits per heavy atom. The summed E-state index contributed by atoms with van der Waals surface area (Å²) in [6.07, 6.45) is 0.574. The molecule has 1 spiro atoms. The monoisotopic (exact) mass is 276 g/mol. The minimum atomic E-state index is -3.47. The van der Waals surface area contributed by atoms with Crippen LogP contribution in [0, 0.1) is 0 Å². The molecule has 0 atom stereocenters. The van der Waals surface area contributed by atoms with Crippen LogP contribution in [0.3, 0.4) is 0 Å². The zero-order valence-corrected chi connectivity index (χ0v) is 10.8. The number of imide groups is 1. The quantitative estimate of drug-likeness (QED) is 0.546. The van der Waals surface area contributed by atoms with Gasteiger partial charge in [-0.05, 0) is 12.8 Å². The van der Waals surface area contributed by atoms with Gasteiger partial charge in [-0.25, -0.2) is 9.52 Å². The molecule has 2 heterocycles. The molecule has 0 radical (unpaired) electrons. The molecule has 8 nitrogen and oxygen atoms in total. The summed E-state index contributed by atoms with van der Waals surface area (Å²) in [7, 11) is -3.47. The Morgan fingerprint density at radius 1 is 1.33 bits per heavy atom. The van der Waals surface area contributed by atoms with Crippen LogP contribution in [0.15, 0.2) is 0 Å². The molecule has 3 amide bonds. The summed E-state index contributed by atoms with van der Waals surface area (Å²) in [6.45, 7) is 2.45. The molecule has 2 aliphatic rings. The maximum absolute atomic E-state index is 11.8. The van der Waals surface area contributed by atoms with E-state index in [-0.39, 0.29) is 31.8 Å². The van der Waals surface area contributed by atoms with Crippen LogP contribution in [0.2, 0.25) is 0 Å². The molecule has 102 valence electrons. The molecule has 18 heavy (non-hydrogen) atoms. The average molecular weight is 276 g/mol. The largest absolute Gasteiger partial charge is 0.323 e. The van der Waals surface area contributed by atoms with Crippen LogP contribution in [0.5, 0.6) is 0 Å². The number of nitrogens with one attached hydrogen (secondary N) is 3. The molecule has 0 aromatic carbocycles. The maximum Gasteiger partial charge on any atom is 0.322 e. The predicted molar refractivity (Wildman–Crippen MR) is 62.8 cm³/mol. The lowest BCUT2D eigenvalue weighted by Crippen LogP contribution is -2.57. The van der Waals surface area contributed by atoms with Crippen molar-refractivity contribution in [3.63, 3.8) is 0 Å². The fourth-order valence-corrected chi connectivity index (χ4v) is 3.47. The first-order valence-electron chi connectivity index (χ1n) is 5.78. The van der Waals surface area contributed by atoms with Gasteiger partial charge < -0.3 is 5.32 Å². The standard InChI is InChI=1S/C9H16N4O4S/c1-2-10-18(16,17)13-5-3-9(4-6-13)7(14)11-8(15)12-9/h10H,2-6H2,1H3,(H2,11,12,14,15). The maximum atomic E-state index is 11.8. The molecule has 2 aliphatic heterocycles. The number of carbonyl (C=O) groups excluding carboxylic acids is 2. The van der Waals surface area contributed by atoms with Gasteiger partial charge in [-0.2, -0.15) is 12.7 Å². The molecule has 0 bridgehead atoms. The summed E-state index contributed by atoms with van der Waals surface area (Å²) in [5, 5.41) is 4.76. The number of hydrogen-bond acceptors (Lipinski definition) is 4. The molecule has 2 fully saturated rings. The van der Waals surface area contributed by atoms with E-state index in [4.69, 9.17) is 0 Å². The SMILES string of the molecule is CCNS(=O)(=O)N1CCC2(CC1)NC(=O)NC2=O. The summed E-state index contributed by atoms with van der Waals surface area (Å²) in [4.78, 5) is 22.8. The fraction of sp³-hybridized carbons (Fsp3) is 0.778. The van der Waals surface area contributed by atoms with Crippen LogP contribution in [0.4, 0.5) is 4.79 Å². The molecule has 0 saturated carbocycles. The lowest BCUT2D eigenvalue weighted by Gasteiger charge is -2.36. The fourth-order valence-electron chi connectivity index (χ4n) is 2.26. The number of piperidine rings is 1. The minimum absolute atomic E-state index is 0.211. The Labute approximate surface area is 105 Å². The van der Waals surface area contributed by atoms with Gasteiger partial charge in [0.15, 0.2) is 0 Å². The normalized spacial score (nSPS) is 24.1. The summed E-state index contributed by atoms with van der Waals surface area (Å²) < 4.78 is 27.2. The lowest BCUT2D eigenvalue weighted by molar-refractivity contribution is -0.125. The summed E-state index contributed by atoms with van der Waals surface area (Å²) in [5.41, 5.74) is -0.935. The third-order valence-electron chi connectivity index (χ3n) is 3.26. The van der Waals surface area contributed by atoms with Gasteiger partial charge in [-0.1, -0.05) is 6.92 Å². The van der Waals surface area contributed by atoms with Crippen LogP contribution >= 0.6 is 0 Å². The second kappa shape index (κ2) is 4.48. The van der Waals surface area contributed by atoms with Gasteiger partial charge in [-0.3, -0.25) is 10.1 Å². The van der Waals surface area contributed by atoms with Crippen molar-refractivity contribution < 1.29 is 18.0 Å². The average Bonchev–Trinajstić information content (AvgIpc) is 2.54. The van der Waals surface area contributed by atoms with E-state index in [0.717, 1.165) is 0 Å². The van der Waals surface area contributed by atoms with Crippen LogP contribution < -0.4 is 15.4 Å². The first-order chi connectivity index (χ1) is 8.39. The molecule has 2 saturated heterocycles. The van der Waals surface area contributed by atoms with Crippen molar-refractivity contribution in [2.75, 3.05) is 19.6 Å². The number of hydrogen-bond donors (Lipinski definition) is 3. The van der Waals surface area contributed by atoms with Gasteiger partial charge >= 0.3 is 6.03 Å². The molecule has 0 unspecified atom stereocenters. The van der Waals surface area contributed by atoms with E-state index in [1.807, 2.05) is 0 Å². The van der Waals surface area contributed by atoms with E-state index < -0.39 is 21.8 Å². The third-order valence-corrected chi connectivity index (χ3v) is 4.96. The van der Waals surface area contributed by atoms with Crippen molar-refractivity contribution >= 4 is 22.1 Å². The summed E-state index contributed by atoms with van der Waals surface area (Å²) in [5.74, 6) is -0.368. The molecular formula is C9H16N4O4S. The molecular weight excluding hydrogens is 260 g/mol. The second-order valence-electron chi connectivity index (χ2n) is 4.39. The topological polar surface area (TPSA) is 108 Å². The highest BCUT2D eigenvalue weighted by Gasteiger charge is 2.49. The van der Waals surface area contributed by atoms with E-state index in [9.17, 15) is 18.0 Å². The molecule has 0 aliphatic carbocycles. The van der Waals surface area contributed by atoms with Crippen LogP contribution in [-0.2, 0) is 15.0 Å². The van der Waals surface area contributed by atoms with Crippen molar-refractivity contribution in [1.82, 2.24) is 19.7 Å². The Bertz CT molecular complexity index is 467. The number of nitrogens with zero attached hydrogens (tertiary/aromatic N) is 1. The van der Waals surface area contributed by atoms with Crippen molar-refractivity contribution in [2.24, 2.45) is 0 Å². The van der Waals surface area contributed by atoms with Gasteiger partial charge in [0, 0.05) is 19.6 Å². The van der Waals surface area contributed by atoms with Crippen LogP contribution in [0.1, 0.15) is 19.8 Å². The number of urea groups is 1. The Balaban J connectivity index is 2.05. The van der Waals surface area contributed by atoms with Gasteiger partial charge in [0.25, 0.3) is 16.1 Å². The van der Waals surface area contributed by atoms with Crippen molar-refractivity contribution in [3.05, 3.63) is 0 Å². The predicted octanol–water partition coefficient (Wildman–Crippen LogP) is -1.49. The van der Waals surface area contributed by atoms with Gasteiger partial charge in [0.2, 0.25) is 0 Å². The molecule has 0 aromatic heterocycles. The highest BCUT2D eigenvalue weighted by Crippen LogP contribution is 2.26. The lowest BCUT2D eigenvalue weighted by atomic mass is 9.89. The first kappa shape index (κ1) is 13.2. The number of carbonyl (C=O) groups is 2. The van der Waals surface area contributed by atoms with Crippen molar-refractivity contribution in [3.8, 4) is 0 Å². The Morgan fingerprint density at radius 2 is 1.94 bits per heavy atom. The van der Waals surface area contributed by atoms with Crippen LogP contribution in [0.25, 0.3) is 0 Å². The number of amides is 3. The zero-order chi connectivity index (χ0) is 13.4. The van der Waals surface area contributed by atoms with Gasteiger partial charge in [-0.15, -0.1) is 0 Å². The van der Waals surface area contributed by atoms with E-state index in [2.05, 4.69) is 15.4 Å². The second-order valence-corrected chi connectivity index (χ2v) is 6.15. The Hall–Kier alpha value is -1.19. The third kappa shape index (κ3) is 2.20. The van der Waals surface area contributed by atoms with E-state index in [1.54, 1.807) is 6.92 Å². The highest BCUT2D eigenvalue weighted by atomic mass is 32.2. The van der Waals surface area contributed by atoms with E-state index in [0.29, 0.717) is 6.54 Å². The first-order valence-corrected chi connectivity index (χ1v) is 7.22. The summed E-state index contributed by atoms with van der Waals surface area (Å²) in [6, 6.07) is -0.511. The van der Waals surface area contributed by atoms with Gasteiger partial charge in [0.05, 0.1) is 0 Å². The van der Waals surface area contributed by atoms with Gasteiger partial charge in [0.1, 0.15) is 5.54 Å². The Kier molecular flexibility index (Phi) is 3.30. The minimum Gasteiger partial charge on any atom is -0.323 e. The molecule has 9 heteroatoms. The molecule has 3 N–H and O–H groups in total. The molecule has 0 aromatic rings. The van der Waals surface area contributed by atoms with Crippen molar-refractivity contribution in [2.45, 2.75) is 25.3 Å². The summed E-state index contributed by atoms with van der Waals surface area (Å²) >= 11 is 0. The smallest absolute Gasteiger partial charge is 0.322 e. The van der Waals surface area contributed by atoms with Crippen LogP contribution in [-0.4, -0.2) is 49.8 Å². The van der Waals surface area contributed by atoms with Crippen molar-refractivity contribution in [1.29, 1.82) is 0 Å². The zero-order valence-electron chi connectivity index (χ0n) is 10.0. The van der Waals surface area contributed by atoms with E-state index >= 15 is 0 Å².